The van der Waals surface area contributed by atoms with Crippen LogP contribution in [0.3, 0.4) is 0 Å². The van der Waals surface area contributed by atoms with Crippen molar-refractivity contribution in [2.24, 2.45) is 10.7 Å². The summed E-state index contributed by atoms with van der Waals surface area (Å²) < 4.78 is 0. The molecule has 15 heavy (non-hydrogen) atoms. The van der Waals surface area contributed by atoms with Crippen LogP contribution in [0.25, 0.3) is 0 Å². The molecule has 0 atom stereocenters. The first kappa shape index (κ1) is 9.90. The lowest BCUT2D eigenvalue weighted by Gasteiger charge is -2.16. The maximum absolute atomic E-state index is 10.9. The van der Waals surface area contributed by atoms with Crippen LogP contribution in [0.15, 0.2) is 23.2 Å². The van der Waals surface area contributed by atoms with Crippen molar-refractivity contribution in [3.63, 3.8) is 0 Å². The molecule has 3 heteroatoms. The molecule has 1 amide bonds. The van der Waals surface area contributed by atoms with E-state index in [0.717, 1.165) is 24.2 Å². The van der Waals surface area contributed by atoms with Crippen molar-refractivity contribution in [1.29, 1.82) is 0 Å². The Hall–Kier alpha value is -1.64. The topological polar surface area (TPSA) is 55.5 Å². The van der Waals surface area contributed by atoms with E-state index >= 15 is 0 Å². The summed E-state index contributed by atoms with van der Waals surface area (Å²) in [5.74, 6) is -0.317. The summed E-state index contributed by atoms with van der Waals surface area (Å²) in [6.07, 6.45) is 1.20. The first-order valence-electron chi connectivity index (χ1n) is 5.08. The number of aliphatic imine (C=N–C) groups is 1. The van der Waals surface area contributed by atoms with Crippen LogP contribution < -0.4 is 5.73 Å². The molecule has 0 saturated carbocycles. The number of rotatable bonds is 2. The molecule has 2 rings (SSSR count). The van der Waals surface area contributed by atoms with Gasteiger partial charge in [-0.1, -0.05) is 17.7 Å². The third kappa shape index (κ3) is 2.06. The predicted molar refractivity (Wildman–Crippen MR) is 60.1 cm³/mol. The average Bonchev–Trinajstić information content (AvgIpc) is 2.18. The Morgan fingerprint density at radius 1 is 1.53 bits per heavy atom. The number of amides is 1. The van der Waals surface area contributed by atoms with Gasteiger partial charge < -0.3 is 5.73 Å². The fourth-order valence-corrected chi connectivity index (χ4v) is 1.89. The molecule has 1 aliphatic heterocycles. The van der Waals surface area contributed by atoms with Gasteiger partial charge >= 0.3 is 0 Å². The van der Waals surface area contributed by atoms with Crippen molar-refractivity contribution in [2.75, 3.05) is 6.54 Å². The third-order valence-corrected chi connectivity index (χ3v) is 2.60. The minimum atomic E-state index is -0.317. The molecule has 1 aromatic rings. The second-order valence-electron chi connectivity index (χ2n) is 3.88. The summed E-state index contributed by atoms with van der Waals surface area (Å²) in [7, 11) is 0. The second-order valence-corrected chi connectivity index (χ2v) is 3.88. The van der Waals surface area contributed by atoms with Crippen molar-refractivity contribution in [1.82, 2.24) is 0 Å². The van der Waals surface area contributed by atoms with Crippen molar-refractivity contribution in [3.8, 4) is 0 Å². The fraction of sp³-hybridized carbons (Fsp3) is 0.333. The van der Waals surface area contributed by atoms with E-state index in [1.165, 1.54) is 11.1 Å². The zero-order valence-corrected chi connectivity index (χ0v) is 8.79. The summed E-state index contributed by atoms with van der Waals surface area (Å²) in [6, 6.07) is 6.28. The molecule has 0 aromatic heterocycles. The number of fused-ring (bicyclic) bond motifs is 1. The highest BCUT2D eigenvalue weighted by atomic mass is 16.1. The van der Waals surface area contributed by atoms with Crippen LogP contribution in [-0.4, -0.2) is 18.2 Å². The molecule has 0 saturated heterocycles. The predicted octanol–water partition coefficient (Wildman–Crippen LogP) is 1.22. The first-order valence-corrected chi connectivity index (χ1v) is 5.08. The van der Waals surface area contributed by atoms with Gasteiger partial charge in [0, 0.05) is 6.54 Å². The molecular weight excluding hydrogens is 188 g/mol. The molecule has 0 spiro atoms. The molecule has 0 radical (unpaired) electrons. The Kier molecular flexibility index (Phi) is 2.54. The van der Waals surface area contributed by atoms with Crippen LogP contribution in [0.5, 0.6) is 0 Å². The van der Waals surface area contributed by atoms with Gasteiger partial charge in [-0.15, -0.1) is 0 Å². The second kappa shape index (κ2) is 3.85. The Balaban J connectivity index is 2.40. The smallest absolute Gasteiger partial charge is 0.223 e. The Morgan fingerprint density at radius 2 is 2.33 bits per heavy atom. The van der Waals surface area contributed by atoms with E-state index in [9.17, 15) is 4.79 Å². The monoisotopic (exact) mass is 202 g/mol. The molecule has 1 aliphatic rings. The van der Waals surface area contributed by atoms with Gasteiger partial charge in [-0.05, 0) is 30.5 Å². The van der Waals surface area contributed by atoms with E-state index in [0.29, 0.717) is 0 Å². The molecule has 0 aliphatic carbocycles. The summed E-state index contributed by atoms with van der Waals surface area (Å²) in [6.45, 7) is 2.80. The minimum absolute atomic E-state index is 0.246. The van der Waals surface area contributed by atoms with Gasteiger partial charge in [0.15, 0.2) is 0 Å². The number of aryl methyl sites for hydroxylation is 1. The highest BCUT2D eigenvalue weighted by molar-refractivity contribution is 6.11. The fourth-order valence-electron chi connectivity index (χ4n) is 1.89. The number of benzene rings is 1. The van der Waals surface area contributed by atoms with Gasteiger partial charge in [0.2, 0.25) is 5.91 Å². The molecule has 1 heterocycles. The number of hydrogen-bond donors (Lipinski definition) is 1. The molecule has 0 unspecified atom stereocenters. The number of carbonyl (C=O) groups is 1. The normalized spacial score (nSPS) is 14.3. The van der Waals surface area contributed by atoms with Crippen LogP contribution in [-0.2, 0) is 11.2 Å². The van der Waals surface area contributed by atoms with Gasteiger partial charge in [0.1, 0.15) is 0 Å². The SMILES string of the molecule is Cc1ccc2c(c1)C(CC(N)=O)=NCC2. The number of hydrogen-bond acceptors (Lipinski definition) is 2. The van der Waals surface area contributed by atoms with Crippen molar-refractivity contribution in [2.45, 2.75) is 19.8 Å². The zero-order chi connectivity index (χ0) is 10.8. The summed E-state index contributed by atoms with van der Waals surface area (Å²) in [4.78, 5) is 15.3. The lowest BCUT2D eigenvalue weighted by molar-refractivity contribution is -0.116. The largest absolute Gasteiger partial charge is 0.369 e. The highest BCUT2D eigenvalue weighted by Gasteiger charge is 2.15. The molecule has 0 fully saturated rings. The van der Waals surface area contributed by atoms with Gasteiger partial charge in [0.05, 0.1) is 12.1 Å². The van der Waals surface area contributed by atoms with E-state index in [1.807, 2.05) is 6.92 Å². The minimum Gasteiger partial charge on any atom is -0.369 e. The van der Waals surface area contributed by atoms with E-state index in [1.54, 1.807) is 0 Å². The molecule has 2 N–H and O–H groups in total. The van der Waals surface area contributed by atoms with Crippen LogP contribution >= 0.6 is 0 Å². The van der Waals surface area contributed by atoms with Crippen molar-refractivity contribution < 1.29 is 4.79 Å². The number of nitrogens with two attached hydrogens (primary N) is 1. The van der Waals surface area contributed by atoms with Gasteiger partial charge in [0.25, 0.3) is 0 Å². The third-order valence-electron chi connectivity index (χ3n) is 2.60. The first-order chi connectivity index (χ1) is 7.16. The Labute approximate surface area is 89.0 Å². The standard InChI is InChI=1S/C12H14N2O/c1-8-2-3-9-4-5-14-11(7-12(13)15)10(9)6-8/h2-3,6H,4-5,7H2,1H3,(H2,13,15). The van der Waals surface area contributed by atoms with E-state index in [4.69, 9.17) is 5.73 Å². The molecule has 0 bridgehead atoms. The van der Waals surface area contributed by atoms with Crippen LogP contribution in [0.1, 0.15) is 23.1 Å². The lowest BCUT2D eigenvalue weighted by Crippen LogP contribution is -2.21. The lowest BCUT2D eigenvalue weighted by atomic mass is 9.94. The van der Waals surface area contributed by atoms with Crippen LogP contribution in [0, 0.1) is 6.92 Å². The molecular formula is C12H14N2O. The highest BCUT2D eigenvalue weighted by Crippen LogP contribution is 2.19. The number of carbonyl (C=O) groups excluding carboxylic acids is 1. The molecule has 78 valence electrons. The average molecular weight is 202 g/mol. The molecule has 1 aromatic carbocycles. The Bertz CT molecular complexity index is 435. The quantitative estimate of drug-likeness (QED) is 0.770. The summed E-state index contributed by atoms with van der Waals surface area (Å²) in [5, 5.41) is 0. The van der Waals surface area contributed by atoms with E-state index < -0.39 is 0 Å². The van der Waals surface area contributed by atoms with Crippen molar-refractivity contribution in [3.05, 3.63) is 34.9 Å². The van der Waals surface area contributed by atoms with Gasteiger partial charge in [-0.3, -0.25) is 9.79 Å². The van der Waals surface area contributed by atoms with Gasteiger partial charge in [-0.25, -0.2) is 0 Å². The zero-order valence-electron chi connectivity index (χ0n) is 8.79. The molecule has 3 nitrogen and oxygen atoms in total. The number of primary amides is 1. The van der Waals surface area contributed by atoms with E-state index in [2.05, 4.69) is 23.2 Å². The summed E-state index contributed by atoms with van der Waals surface area (Å²) in [5.41, 5.74) is 9.59. The maximum Gasteiger partial charge on any atom is 0.223 e. The van der Waals surface area contributed by atoms with Crippen molar-refractivity contribution >= 4 is 11.6 Å². The van der Waals surface area contributed by atoms with E-state index in [-0.39, 0.29) is 12.3 Å². The Morgan fingerprint density at radius 3 is 3.07 bits per heavy atom. The number of nitrogens with zero attached hydrogens (tertiary/aromatic N) is 1. The van der Waals surface area contributed by atoms with Crippen LogP contribution in [0.4, 0.5) is 0 Å². The van der Waals surface area contributed by atoms with Crippen LogP contribution in [0.2, 0.25) is 0 Å². The maximum atomic E-state index is 10.9. The summed E-state index contributed by atoms with van der Waals surface area (Å²) >= 11 is 0. The van der Waals surface area contributed by atoms with Gasteiger partial charge in [-0.2, -0.15) is 0 Å².